The average Bonchev–Trinajstić information content (AvgIpc) is 2.59. The van der Waals surface area contributed by atoms with Crippen LogP contribution in [0.15, 0.2) is 0 Å². The fourth-order valence-corrected chi connectivity index (χ4v) is 2.63. The maximum absolute atomic E-state index is 14.0. The van der Waals surface area contributed by atoms with Gasteiger partial charge in [0.2, 0.25) is 0 Å². The molecule has 0 aliphatic carbocycles. The van der Waals surface area contributed by atoms with Crippen molar-refractivity contribution in [2.24, 2.45) is 0 Å². The molecule has 0 aromatic carbocycles. The van der Waals surface area contributed by atoms with Crippen molar-refractivity contribution in [2.45, 2.75) is 44.4 Å². The highest BCUT2D eigenvalue weighted by molar-refractivity contribution is 5.32. The third kappa shape index (κ3) is 1.74. The summed E-state index contributed by atoms with van der Waals surface area (Å²) in [7, 11) is 0. The van der Waals surface area contributed by atoms with Crippen LogP contribution in [0.2, 0.25) is 0 Å². The summed E-state index contributed by atoms with van der Waals surface area (Å²) in [4.78, 5) is 0. The minimum absolute atomic E-state index is 0.0437. The summed E-state index contributed by atoms with van der Waals surface area (Å²) < 4.78 is 42.6. The second-order valence-electron chi connectivity index (χ2n) is 4.72. The van der Waals surface area contributed by atoms with Gasteiger partial charge in [-0.3, -0.25) is 4.68 Å². The van der Waals surface area contributed by atoms with Crippen molar-refractivity contribution in [3.8, 4) is 0 Å². The number of halogens is 3. The van der Waals surface area contributed by atoms with E-state index in [1.54, 1.807) is 0 Å². The van der Waals surface area contributed by atoms with E-state index >= 15 is 0 Å². The van der Waals surface area contributed by atoms with E-state index in [2.05, 4.69) is 10.4 Å². The van der Waals surface area contributed by atoms with E-state index in [4.69, 9.17) is 0 Å². The molecule has 1 unspecified atom stereocenters. The van der Waals surface area contributed by atoms with Crippen molar-refractivity contribution < 1.29 is 13.2 Å². The van der Waals surface area contributed by atoms with Gasteiger partial charge < -0.3 is 5.32 Å². The van der Waals surface area contributed by atoms with E-state index in [1.165, 1.54) is 4.68 Å². The first kappa shape index (κ1) is 11.1. The standard InChI is InChI=1S/C11H14F3N3/c12-7-1-3-11(13,14)10-8-5-15-4-2-9(8)16-17(10)6-7/h7,15H,1-6H2. The van der Waals surface area contributed by atoms with Gasteiger partial charge >= 0.3 is 0 Å². The highest BCUT2D eigenvalue weighted by Crippen LogP contribution is 2.40. The third-order valence-electron chi connectivity index (χ3n) is 3.46. The largest absolute Gasteiger partial charge is 0.312 e. The lowest BCUT2D eigenvalue weighted by atomic mass is 10.0. The SMILES string of the molecule is FC1CCC(F)(F)c2c3c(nn2C1)CCNC3. The van der Waals surface area contributed by atoms with E-state index in [1.807, 2.05) is 0 Å². The quantitative estimate of drug-likeness (QED) is 0.754. The van der Waals surface area contributed by atoms with Crippen LogP contribution < -0.4 is 5.32 Å². The smallest absolute Gasteiger partial charge is 0.289 e. The third-order valence-corrected chi connectivity index (χ3v) is 3.46. The monoisotopic (exact) mass is 245 g/mol. The lowest BCUT2D eigenvalue weighted by Crippen LogP contribution is -2.26. The van der Waals surface area contributed by atoms with Crippen LogP contribution in [0.3, 0.4) is 0 Å². The Labute approximate surface area is 97.0 Å². The second kappa shape index (κ2) is 3.73. The summed E-state index contributed by atoms with van der Waals surface area (Å²) in [6.45, 7) is 1.11. The number of nitrogens with one attached hydrogen (secondary N) is 1. The Kier molecular flexibility index (Phi) is 2.43. The van der Waals surface area contributed by atoms with Gasteiger partial charge in [-0.15, -0.1) is 0 Å². The summed E-state index contributed by atoms with van der Waals surface area (Å²) >= 11 is 0. The van der Waals surface area contributed by atoms with Gasteiger partial charge in [-0.2, -0.15) is 13.9 Å². The Balaban J connectivity index is 2.13. The molecule has 2 aliphatic rings. The van der Waals surface area contributed by atoms with E-state index in [9.17, 15) is 13.2 Å². The molecule has 1 atom stereocenters. The van der Waals surface area contributed by atoms with Crippen molar-refractivity contribution in [3.63, 3.8) is 0 Å². The summed E-state index contributed by atoms with van der Waals surface area (Å²) in [6, 6.07) is 0. The zero-order chi connectivity index (χ0) is 12.0. The molecule has 17 heavy (non-hydrogen) atoms. The summed E-state index contributed by atoms with van der Waals surface area (Å²) in [5.74, 6) is -2.96. The molecule has 6 heteroatoms. The summed E-state index contributed by atoms with van der Waals surface area (Å²) in [6.07, 6.45) is -1.11. The molecule has 0 spiro atoms. The molecule has 94 valence electrons. The fourth-order valence-electron chi connectivity index (χ4n) is 2.63. The Morgan fingerprint density at radius 3 is 3.06 bits per heavy atom. The molecule has 0 radical (unpaired) electrons. The predicted molar refractivity (Wildman–Crippen MR) is 55.7 cm³/mol. The van der Waals surface area contributed by atoms with Crippen molar-refractivity contribution in [1.29, 1.82) is 0 Å². The molecule has 0 bridgehead atoms. The lowest BCUT2D eigenvalue weighted by Gasteiger charge is -2.18. The second-order valence-corrected chi connectivity index (χ2v) is 4.72. The first-order valence-electron chi connectivity index (χ1n) is 5.89. The van der Waals surface area contributed by atoms with Crippen LogP contribution >= 0.6 is 0 Å². The number of fused-ring (bicyclic) bond motifs is 3. The number of hydrogen-bond donors (Lipinski definition) is 1. The number of rotatable bonds is 0. The molecule has 3 heterocycles. The van der Waals surface area contributed by atoms with Crippen LogP contribution in [0, 0.1) is 0 Å². The molecule has 2 aliphatic heterocycles. The van der Waals surface area contributed by atoms with E-state index in [-0.39, 0.29) is 18.7 Å². The van der Waals surface area contributed by atoms with Crippen LogP contribution in [0.5, 0.6) is 0 Å². The molecular weight excluding hydrogens is 231 g/mol. The van der Waals surface area contributed by atoms with Gasteiger partial charge in [-0.05, 0) is 6.42 Å². The fraction of sp³-hybridized carbons (Fsp3) is 0.727. The normalized spacial score (nSPS) is 27.1. The summed E-state index contributed by atoms with van der Waals surface area (Å²) in [5, 5.41) is 7.22. The topological polar surface area (TPSA) is 29.9 Å². The molecule has 1 aromatic rings. The molecule has 0 amide bonds. The highest BCUT2D eigenvalue weighted by Gasteiger charge is 2.42. The molecule has 0 saturated carbocycles. The number of aromatic nitrogens is 2. The minimum Gasteiger partial charge on any atom is -0.312 e. The minimum atomic E-state index is -2.96. The van der Waals surface area contributed by atoms with Gasteiger partial charge in [-0.25, -0.2) is 4.39 Å². The van der Waals surface area contributed by atoms with E-state index in [0.717, 1.165) is 6.54 Å². The first-order valence-corrected chi connectivity index (χ1v) is 5.89. The predicted octanol–water partition coefficient (Wildman–Crippen LogP) is 1.75. The van der Waals surface area contributed by atoms with E-state index < -0.39 is 18.5 Å². The van der Waals surface area contributed by atoms with Crippen molar-refractivity contribution in [1.82, 2.24) is 15.1 Å². The van der Waals surface area contributed by atoms with Gasteiger partial charge in [0, 0.05) is 31.5 Å². The van der Waals surface area contributed by atoms with Crippen LogP contribution in [0.1, 0.15) is 29.8 Å². The van der Waals surface area contributed by atoms with Crippen molar-refractivity contribution >= 4 is 0 Å². The molecule has 1 aromatic heterocycles. The molecular formula is C11H14F3N3. The van der Waals surface area contributed by atoms with Crippen molar-refractivity contribution in [3.05, 3.63) is 17.0 Å². The average molecular weight is 245 g/mol. The van der Waals surface area contributed by atoms with Gasteiger partial charge in [0.15, 0.2) is 0 Å². The zero-order valence-corrected chi connectivity index (χ0v) is 9.35. The summed E-state index contributed by atoms with van der Waals surface area (Å²) in [5.41, 5.74) is 1.21. The Morgan fingerprint density at radius 2 is 2.24 bits per heavy atom. The molecule has 3 rings (SSSR count). The Bertz CT molecular complexity index is 441. The van der Waals surface area contributed by atoms with Gasteiger partial charge in [0.1, 0.15) is 11.9 Å². The van der Waals surface area contributed by atoms with E-state index in [0.29, 0.717) is 24.2 Å². The Hall–Kier alpha value is -1.04. The molecule has 0 saturated heterocycles. The first-order chi connectivity index (χ1) is 8.08. The maximum atomic E-state index is 14.0. The van der Waals surface area contributed by atoms with Crippen molar-refractivity contribution in [2.75, 3.05) is 6.54 Å². The highest BCUT2D eigenvalue weighted by atomic mass is 19.3. The lowest BCUT2D eigenvalue weighted by molar-refractivity contribution is -0.0221. The number of alkyl halides is 3. The zero-order valence-electron chi connectivity index (χ0n) is 9.35. The molecule has 3 nitrogen and oxygen atoms in total. The number of nitrogens with zero attached hydrogens (tertiary/aromatic N) is 2. The van der Waals surface area contributed by atoms with Gasteiger partial charge in [0.25, 0.3) is 5.92 Å². The van der Waals surface area contributed by atoms with Crippen LogP contribution in [0.25, 0.3) is 0 Å². The Morgan fingerprint density at radius 1 is 1.41 bits per heavy atom. The maximum Gasteiger partial charge on any atom is 0.289 e. The van der Waals surface area contributed by atoms with Crippen LogP contribution in [-0.2, 0) is 25.4 Å². The van der Waals surface area contributed by atoms with Crippen LogP contribution in [0.4, 0.5) is 13.2 Å². The molecule has 1 N–H and O–H groups in total. The van der Waals surface area contributed by atoms with Gasteiger partial charge in [-0.1, -0.05) is 0 Å². The molecule has 0 fully saturated rings. The van der Waals surface area contributed by atoms with Crippen LogP contribution in [-0.4, -0.2) is 22.5 Å². The van der Waals surface area contributed by atoms with Gasteiger partial charge in [0.05, 0.1) is 12.2 Å². The number of hydrogen-bond acceptors (Lipinski definition) is 2.